The number of aryl methyl sites for hydroxylation is 1. The number of hydrogen-bond acceptors (Lipinski definition) is 3. The Bertz CT molecular complexity index is 332. The van der Waals surface area contributed by atoms with Crippen LogP contribution in [0.1, 0.15) is 12.0 Å². The van der Waals surface area contributed by atoms with Gasteiger partial charge in [-0.15, -0.1) is 0 Å². The lowest BCUT2D eigenvalue weighted by molar-refractivity contribution is 0.211. The number of benzene rings is 1. The Morgan fingerprint density at radius 1 is 1.40 bits per heavy atom. The fourth-order valence-corrected chi connectivity index (χ4v) is 1.83. The topological polar surface area (TPSA) is 30.5 Å². The molecule has 1 unspecified atom stereocenters. The minimum Gasteiger partial charge on any atom is -0.493 e. The molecule has 0 aliphatic carbocycles. The molecular weight excluding hydrogens is 190 g/mol. The maximum Gasteiger partial charge on any atom is 0.164 e. The largest absolute Gasteiger partial charge is 0.493 e. The van der Waals surface area contributed by atoms with E-state index >= 15 is 0 Å². The summed E-state index contributed by atoms with van der Waals surface area (Å²) in [6.45, 7) is 4.01. The number of ether oxygens (including phenoxy) is 2. The Morgan fingerprint density at radius 2 is 2.27 bits per heavy atom. The van der Waals surface area contributed by atoms with Crippen molar-refractivity contribution in [2.24, 2.45) is 0 Å². The Hall–Kier alpha value is -1.22. The highest BCUT2D eigenvalue weighted by atomic mass is 16.5. The summed E-state index contributed by atoms with van der Waals surface area (Å²) in [6.07, 6.45) is 1.34. The molecule has 0 saturated carbocycles. The second-order valence-electron chi connectivity index (χ2n) is 3.84. The van der Waals surface area contributed by atoms with Crippen LogP contribution >= 0.6 is 0 Å². The van der Waals surface area contributed by atoms with Crippen molar-refractivity contribution in [2.75, 3.05) is 20.2 Å². The molecule has 3 nitrogen and oxygen atoms in total. The number of para-hydroxylation sites is 1. The molecule has 1 aromatic rings. The quantitative estimate of drug-likeness (QED) is 0.819. The van der Waals surface area contributed by atoms with Crippen LogP contribution in [0.15, 0.2) is 18.2 Å². The average Bonchev–Trinajstić information content (AvgIpc) is 2.74. The molecule has 0 radical (unpaired) electrons. The summed E-state index contributed by atoms with van der Waals surface area (Å²) in [6, 6.07) is 5.96. The molecule has 0 spiro atoms. The molecule has 82 valence electrons. The van der Waals surface area contributed by atoms with Crippen LogP contribution in [0.5, 0.6) is 11.5 Å². The molecule has 1 N–H and O–H groups in total. The Labute approximate surface area is 90.4 Å². The Balaban J connectivity index is 2.17. The molecule has 1 aliphatic heterocycles. The van der Waals surface area contributed by atoms with Crippen LogP contribution in [0.25, 0.3) is 0 Å². The lowest BCUT2D eigenvalue weighted by Crippen LogP contribution is -2.20. The minimum absolute atomic E-state index is 0.278. The molecule has 1 heterocycles. The first-order valence-electron chi connectivity index (χ1n) is 5.32. The molecule has 2 rings (SSSR count). The summed E-state index contributed by atoms with van der Waals surface area (Å²) in [5.74, 6) is 1.70. The number of rotatable bonds is 3. The Morgan fingerprint density at radius 3 is 2.93 bits per heavy atom. The number of hydrogen-bond donors (Lipinski definition) is 1. The van der Waals surface area contributed by atoms with Gasteiger partial charge in [0, 0.05) is 6.54 Å². The van der Waals surface area contributed by atoms with Crippen LogP contribution in [0.4, 0.5) is 0 Å². The van der Waals surface area contributed by atoms with Crippen molar-refractivity contribution in [2.45, 2.75) is 19.4 Å². The third-order valence-corrected chi connectivity index (χ3v) is 2.70. The van der Waals surface area contributed by atoms with E-state index in [1.54, 1.807) is 7.11 Å². The van der Waals surface area contributed by atoms with Crippen molar-refractivity contribution in [3.63, 3.8) is 0 Å². The van der Waals surface area contributed by atoms with Crippen molar-refractivity contribution in [1.82, 2.24) is 5.32 Å². The molecule has 1 saturated heterocycles. The maximum absolute atomic E-state index is 5.94. The van der Waals surface area contributed by atoms with Crippen LogP contribution in [0.3, 0.4) is 0 Å². The zero-order valence-electron chi connectivity index (χ0n) is 9.25. The third kappa shape index (κ3) is 2.23. The fourth-order valence-electron chi connectivity index (χ4n) is 1.83. The van der Waals surface area contributed by atoms with Gasteiger partial charge < -0.3 is 14.8 Å². The van der Waals surface area contributed by atoms with Crippen LogP contribution in [0.2, 0.25) is 0 Å². The van der Waals surface area contributed by atoms with E-state index in [9.17, 15) is 0 Å². The molecule has 1 aromatic carbocycles. The average molecular weight is 207 g/mol. The first kappa shape index (κ1) is 10.3. The maximum atomic E-state index is 5.94. The summed E-state index contributed by atoms with van der Waals surface area (Å²) in [5.41, 5.74) is 1.13. The van der Waals surface area contributed by atoms with E-state index in [1.165, 1.54) is 0 Å². The predicted molar refractivity (Wildman–Crippen MR) is 59.6 cm³/mol. The van der Waals surface area contributed by atoms with Gasteiger partial charge in [-0.1, -0.05) is 12.1 Å². The highest BCUT2D eigenvalue weighted by molar-refractivity contribution is 5.46. The second-order valence-corrected chi connectivity index (χ2v) is 3.84. The van der Waals surface area contributed by atoms with Crippen molar-refractivity contribution >= 4 is 0 Å². The monoisotopic (exact) mass is 207 g/mol. The van der Waals surface area contributed by atoms with Gasteiger partial charge in [0.15, 0.2) is 11.5 Å². The van der Waals surface area contributed by atoms with Crippen LogP contribution in [-0.4, -0.2) is 26.3 Å². The minimum atomic E-state index is 0.278. The van der Waals surface area contributed by atoms with E-state index in [0.717, 1.165) is 36.6 Å². The van der Waals surface area contributed by atoms with Gasteiger partial charge in [0.2, 0.25) is 0 Å². The van der Waals surface area contributed by atoms with Gasteiger partial charge in [-0.2, -0.15) is 0 Å². The van der Waals surface area contributed by atoms with Crippen molar-refractivity contribution in [3.8, 4) is 11.5 Å². The standard InChI is InChI=1S/C12H17NO2/c1-9-4-3-5-11(14-2)12(9)15-10-6-7-13-8-10/h3-5,10,13H,6-8H2,1-2H3. The van der Waals surface area contributed by atoms with E-state index < -0.39 is 0 Å². The first-order valence-corrected chi connectivity index (χ1v) is 5.32. The lowest BCUT2D eigenvalue weighted by Gasteiger charge is -2.17. The zero-order valence-corrected chi connectivity index (χ0v) is 9.25. The van der Waals surface area contributed by atoms with Crippen LogP contribution in [0, 0.1) is 6.92 Å². The van der Waals surface area contributed by atoms with Gasteiger partial charge in [0.1, 0.15) is 6.10 Å². The van der Waals surface area contributed by atoms with Crippen LogP contribution in [-0.2, 0) is 0 Å². The molecule has 0 aromatic heterocycles. The normalized spacial score (nSPS) is 20.3. The first-order chi connectivity index (χ1) is 7.31. The van der Waals surface area contributed by atoms with Crippen molar-refractivity contribution in [3.05, 3.63) is 23.8 Å². The SMILES string of the molecule is COc1cccc(C)c1OC1CCNC1. The molecule has 3 heteroatoms. The van der Waals surface area contributed by atoms with Gasteiger partial charge >= 0.3 is 0 Å². The van der Waals surface area contributed by atoms with E-state index in [-0.39, 0.29) is 6.10 Å². The number of methoxy groups -OCH3 is 1. The summed E-state index contributed by atoms with van der Waals surface area (Å²) >= 11 is 0. The molecule has 0 bridgehead atoms. The van der Waals surface area contributed by atoms with E-state index in [2.05, 4.69) is 5.32 Å². The Kier molecular flexibility index (Phi) is 3.11. The van der Waals surface area contributed by atoms with Gasteiger partial charge in [-0.3, -0.25) is 0 Å². The van der Waals surface area contributed by atoms with Gasteiger partial charge in [-0.05, 0) is 31.5 Å². The zero-order chi connectivity index (χ0) is 10.7. The van der Waals surface area contributed by atoms with Gasteiger partial charge in [0.25, 0.3) is 0 Å². The van der Waals surface area contributed by atoms with E-state index in [1.807, 2.05) is 25.1 Å². The summed E-state index contributed by atoms with van der Waals surface area (Å²) in [4.78, 5) is 0. The smallest absolute Gasteiger partial charge is 0.164 e. The fraction of sp³-hybridized carbons (Fsp3) is 0.500. The molecule has 1 atom stereocenters. The molecule has 1 fully saturated rings. The lowest BCUT2D eigenvalue weighted by atomic mass is 10.2. The van der Waals surface area contributed by atoms with Gasteiger partial charge in [0.05, 0.1) is 7.11 Å². The third-order valence-electron chi connectivity index (χ3n) is 2.70. The summed E-state index contributed by atoms with van der Waals surface area (Å²) in [7, 11) is 1.68. The number of nitrogens with one attached hydrogen (secondary N) is 1. The highest BCUT2D eigenvalue weighted by Crippen LogP contribution is 2.31. The highest BCUT2D eigenvalue weighted by Gasteiger charge is 2.18. The molecule has 0 amide bonds. The molecular formula is C12H17NO2. The predicted octanol–water partition coefficient (Wildman–Crippen LogP) is 1.74. The van der Waals surface area contributed by atoms with Crippen molar-refractivity contribution in [1.29, 1.82) is 0 Å². The van der Waals surface area contributed by atoms with Crippen LogP contribution < -0.4 is 14.8 Å². The second kappa shape index (κ2) is 4.53. The summed E-state index contributed by atoms with van der Waals surface area (Å²) in [5, 5.41) is 3.28. The van der Waals surface area contributed by atoms with E-state index in [4.69, 9.17) is 9.47 Å². The van der Waals surface area contributed by atoms with E-state index in [0.29, 0.717) is 0 Å². The molecule has 1 aliphatic rings. The van der Waals surface area contributed by atoms with Crippen molar-refractivity contribution < 1.29 is 9.47 Å². The molecule has 15 heavy (non-hydrogen) atoms. The van der Waals surface area contributed by atoms with Gasteiger partial charge in [-0.25, -0.2) is 0 Å². The summed E-state index contributed by atoms with van der Waals surface area (Å²) < 4.78 is 11.2.